The number of nitrogens with zero attached hydrogens (tertiary/aromatic N) is 2. The summed E-state index contributed by atoms with van der Waals surface area (Å²) in [5.74, 6) is 7.02. The quantitative estimate of drug-likeness (QED) is 0.597. The van der Waals surface area contributed by atoms with Gasteiger partial charge in [-0.2, -0.15) is 6.20 Å². The Hall–Kier alpha value is -1.29. The molecule has 0 unspecified atom stereocenters. The molecule has 0 bridgehead atoms. The van der Waals surface area contributed by atoms with Gasteiger partial charge in [-0.3, -0.25) is 4.79 Å². The van der Waals surface area contributed by atoms with E-state index in [0.29, 0.717) is 12.5 Å². The van der Waals surface area contributed by atoms with E-state index in [0.717, 1.165) is 16.8 Å². The molecule has 0 spiro atoms. The number of rotatable bonds is 3. The summed E-state index contributed by atoms with van der Waals surface area (Å²) >= 11 is 0. The molecule has 2 aromatic rings. The Labute approximate surface area is 225 Å². The normalized spacial score (nSPS) is 10.6. The molecule has 1 aliphatic rings. The van der Waals surface area contributed by atoms with Gasteiger partial charge in [0.2, 0.25) is 0 Å². The second-order valence-electron chi connectivity index (χ2n) is 5.96. The average Bonchev–Trinajstić information content (AvgIpc) is 3.58. The van der Waals surface area contributed by atoms with Crippen LogP contribution in [0.25, 0.3) is 5.32 Å². The average molecular weight is 435 g/mol. The van der Waals surface area contributed by atoms with Gasteiger partial charge >= 0.3 is 51.4 Å². The summed E-state index contributed by atoms with van der Waals surface area (Å²) in [6.07, 6.45) is 3.96. The van der Waals surface area contributed by atoms with Gasteiger partial charge in [-0.15, -0.1) is 13.6 Å². The Balaban J connectivity index is 0. The van der Waals surface area contributed by atoms with Crippen molar-refractivity contribution >= 4 is 0 Å². The van der Waals surface area contributed by atoms with Gasteiger partial charge in [0.1, 0.15) is 5.75 Å². The summed E-state index contributed by atoms with van der Waals surface area (Å²) in [6.45, 7) is 13.6. The van der Waals surface area contributed by atoms with Gasteiger partial charge in [0.05, 0.1) is 6.54 Å². The molecule has 158 valence electrons. The van der Waals surface area contributed by atoms with Crippen LogP contribution in [0, 0.1) is 24.7 Å². The predicted octanol–water partition coefficient (Wildman–Crippen LogP) is 2.86. The molecule has 0 atom stereocenters. The minimum atomic E-state index is -0.190. The molecule has 4 nitrogen and oxygen atoms in total. The topological polar surface area (TPSA) is 56.3 Å². The number of hydrogen-bond acceptors (Lipinski definition) is 2. The molecular weight excluding hydrogens is 399 g/mol. The molecule has 1 N–H and O–H groups in total. The first-order chi connectivity index (χ1) is 14.0. The number of benzene rings is 1. The number of aromatic nitrogens is 1. The molecule has 0 radical (unpaired) electrons. The van der Waals surface area contributed by atoms with E-state index in [1.807, 2.05) is 58.9 Å². The van der Waals surface area contributed by atoms with Crippen molar-refractivity contribution < 1.29 is 56.5 Å². The van der Waals surface area contributed by atoms with Crippen molar-refractivity contribution in [3.63, 3.8) is 0 Å². The summed E-state index contributed by atoms with van der Waals surface area (Å²) in [5.41, 5.74) is 2.62. The zero-order valence-corrected chi connectivity index (χ0v) is 22.8. The van der Waals surface area contributed by atoms with Crippen molar-refractivity contribution in [1.82, 2.24) is 4.57 Å². The molecule has 1 aromatic heterocycles. The van der Waals surface area contributed by atoms with E-state index in [4.69, 9.17) is 0 Å². The first-order valence-corrected chi connectivity index (χ1v) is 10.2. The number of hydrogen-bond donors (Lipinski definition) is 1. The van der Waals surface area contributed by atoms with Gasteiger partial charge in [0.25, 0.3) is 5.56 Å². The Bertz CT molecular complexity index is 842. The number of aryl methyl sites for hydroxylation is 1. The van der Waals surface area contributed by atoms with Gasteiger partial charge in [-0.05, 0) is 43.5 Å². The van der Waals surface area contributed by atoms with E-state index in [9.17, 15) is 9.90 Å². The van der Waals surface area contributed by atoms with E-state index in [1.54, 1.807) is 17.7 Å². The third-order valence-corrected chi connectivity index (χ3v) is 3.80. The maximum atomic E-state index is 11.9. The van der Waals surface area contributed by atoms with Crippen LogP contribution >= 0.6 is 0 Å². The van der Waals surface area contributed by atoms with E-state index in [1.165, 1.54) is 25.1 Å². The minimum Gasteiger partial charge on any atom is -0.694 e. The maximum Gasteiger partial charge on any atom is 1.00 e. The standard InChI is InChI=1S/C18H17NO2.C3H6N.2C2H6.K/c1-13-10-17(20)11-18(21)19(13)12-16-8-6-15(7-9-16)5-4-14-2-3-14;1-3-4-2;2*1-2;/h6-11,14,20H,2-3,12H2,1H3;3H,1H2,2H3;2*1-2H3;/q;-1;;;+1. The molecule has 0 saturated heterocycles. The molecule has 1 fully saturated rings. The molecule has 3 rings (SSSR count). The third-order valence-electron chi connectivity index (χ3n) is 3.80. The minimum absolute atomic E-state index is 0. The molecule has 1 heterocycles. The van der Waals surface area contributed by atoms with Gasteiger partial charge in [-0.1, -0.05) is 51.7 Å². The Morgan fingerprint density at radius 3 is 2.13 bits per heavy atom. The van der Waals surface area contributed by atoms with E-state index >= 15 is 0 Å². The van der Waals surface area contributed by atoms with Crippen LogP contribution in [0.2, 0.25) is 0 Å². The largest absolute Gasteiger partial charge is 1.00 e. The summed E-state index contributed by atoms with van der Waals surface area (Å²) < 4.78 is 1.64. The molecule has 0 aliphatic heterocycles. The van der Waals surface area contributed by atoms with Crippen molar-refractivity contribution in [2.45, 2.75) is 54.0 Å². The van der Waals surface area contributed by atoms with Gasteiger partial charge in [0.15, 0.2) is 0 Å². The van der Waals surface area contributed by atoms with E-state index < -0.39 is 0 Å². The first kappa shape index (κ1) is 30.9. The second-order valence-corrected chi connectivity index (χ2v) is 5.96. The van der Waals surface area contributed by atoms with Gasteiger partial charge in [0, 0.05) is 23.2 Å². The Morgan fingerprint density at radius 1 is 1.17 bits per heavy atom. The molecule has 1 aromatic carbocycles. The maximum absolute atomic E-state index is 11.9. The Kier molecular flexibility index (Phi) is 19.0. The van der Waals surface area contributed by atoms with Crippen molar-refractivity contribution in [3.8, 4) is 17.6 Å². The summed E-state index contributed by atoms with van der Waals surface area (Å²) in [7, 11) is 1.69. The fraction of sp³-hybridized carbons (Fsp3) is 0.400. The monoisotopic (exact) mass is 434 g/mol. The molecule has 0 amide bonds. The van der Waals surface area contributed by atoms with Crippen LogP contribution in [-0.2, 0) is 6.54 Å². The fourth-order valence-electron chi connectivity index (χ4n) is 2.20. The molecule has 30 heavy (non-hydrogen) atoms. The SMILES string of the molecule is C=C[N-]C.CC.CC.Cc1cc(O)cc(=O)n1Cc1ccc(C#CC2CC2)cc1.[K+]. The van der Waals surface area contributed by atoms with Crippen molar-refractivity contribution in [2.24, 2.45) is 5.92 Å². The van der Waals surface area contributed by atoms with Crippen LogP contribution in [-0.4, -0.2) is 16.7 Å². The summed E-state index contributed by atoms with van der Waals surface area (Å²) in [6, 6.07) is 10.8. The zero-order valence-electron chi connectivity index (χ0n) is 19.7. The van der Waals surface area contributed by atoms with Crippen LogP contribution in [0.3, 0.4) is 0 Å². The Morgan fingerprint density at radius 2 is 1.70 bits per heavy atom. The predicted molar refractivity (Wildman–Crippen MR) is 124 cm³/mol. The van der Waals surface area contributed by atoms with E-state index in [2.05, 4.69) is 23.7 Å². The van der Waals surface area contributed by atoms with Gasteiger partial charge in [-0.25, -0.2) is 0 Å². The van der Waals surface area contributed by atoms with Gasteiger partial charge < -0.3 is 15.0 Å². The third kappa shape index (κ3) is 12.4. The van der Waals surface area contributed by atoms with Crippen LogP contribution < -0.4 is 56.9 Å². The second kappa shape index (κ2) is 18.5. The smallest absolute Gasteiger partial charge is 0.694 e. The zero-order chi connectivity index (χ0) is 22.2. The van der Waals surface area contributed by atoms with Crippen molar-refractivity contribution in [3.05, 3.63) is 81.7 Å². The van der Waals surface area contributed by atoms with Crippen molar-refractivity contribution in [1.29, 1.82) is 0 Å². The number of pyridine rings is 1. The van der Waals surface area contributed by atoms with Crippen LogP contribution in [0.15, 0.2) is 54.0 Å². The molecule has 1 saturated carbocycles. The molecular formula is C25H35KN2O2. The summed E-state index contributed by atoms with van der Waals surface area (Å²) in [4.78, 5) is 11.9. The molecule has 1 aliphatic carbocycles. The first-order valence-electron chi connectivity index (χ1n) is 10.2. The van der Waals surface area contributed by atoms with Crippen LogP contribution in [0.1, 0.15) is 57.4 Å². The van der Waals surface area contributed by atoms with E-state index in [-0.39, 0.29) is 62.7 Å². The van der Waals surface area contributed by atoms with Crippen LogP contribution in [0.4, 0.5) is 0 Å². The van der Waals surface area contributed by atoms with Crippen LogP contribution in [0.5, 0.6) is 5.75 Å². The van der Waals surface area contributed by atoms with Crippen molar-refractivity contribution in [2.75, 3.05) is 7.05 Å². The fourth-order valence-corrected chi connectivity index (χ4v) is 2.20. The summed E-state index contributed by atoms with van der Waals surface area (Å²) in [5, 5.41) is 12.9. The number of aromatic hydroxyl groups is 1. The molecule has 5 heteroatoms.